The molecule has 2 atom stereocenters. The minimum absolute atomic E-state index is 0.139. The molecule has 4 nitrogen and oxygen atoms in total. The van der Waals surface area contributed by atoms with Crippen LogP contribution in [0.4, 0.5) is 5.69 Å². The van der Waals surface area contributed by atoms with Crippen LogP contribution < -0.4 is 0 Å². The van der Waals surface area contributed by atoms with Gasteiger partial charge in [0.05, 0.1) is 4.92 Å². The van der Waals surface area contributed by atoms with E-state index in [9.17, 15) is 10.1 Å². The van der Waals surface area contributed by atoms with Crippen molar-refractivity contribution in [3.05, 3.63) is 39.9 Å². The van der Waals surface area contributed by atoms with Crippen molar-refractivity contribution in [2.45, 2.75) is 44.9 Å². The number of non-ortho nitro benzene ring substituents is 1. The first-order valence-corrected chi connectivity index (χ1v) is 8.86. The van der Waals surface area contributed by atoms with Gasteiger partial charge in [-0.25, -0.2) is 0 Å². The van der Waals surface area contributed by atoms with Crippen LogP contribution in [0.1, 0.15) is 50.5 Å². The summed E-state index contributed by atoms with van der Waals surface area (Å²) in [7, 11) is 0. The maximum Gasteiger partial charge on any atom is 0.269 e. The highest BCUT2D eigenvalue weighted by molar-refractivity contribution is 5.79. The summed E-state index contributed by atoms with van der Waals surface area (Å²) in [6, 6.07) is 6.68. The van der Waals surface area contributed by atoms with Gasteiger partial charge in [-0.2, -0.15) is 0 Å². The molecule has 1 aromatic carbocycles. The number of rotatable bonds is 4. The molecule has 0 N–H and O–H groups in total. The van der Waals surface area contributed by atoms with Crippen molar-refractivity contribution < 1.29 is 4.92 Å². The molecule has 0 saturated heterocycles. The van der Waals surface area contributed by atoms with Gasteiger partial charge in [0.25, 0.3) is 5.69 Å². The molecule has 2 unspecified atom stereocenters. The number of hydrogen-bond acceptors (Lipinski definition) is 3. The van der Waals surface area contributed by atoms with Crippen LogP contribution in [0.3, 0.4) is 0 Å². The summed E-state index contributed by atoms with van der Waals surface area (Å²) in [5.41, 5.74) is 1.54. The van der Waals surface area contributed by atoms with Crippen LogP contribution in [-0.2, 0) is 0 Å². The fourth-order valence-electron chi connectivity index (χ4n) is 5.59. The van der Waals surface area contributed by atoms with E-state index in [4.69, 9.17) is 4.99 Å². The smallest absolute Gasteiger partial charge is 0.269 e. The first kappa shape index (κ1) is 14.9. The molecule has 4 fully saturated rings. The monoisotopic (exact) mass is 312 g/mol. The molecule has 4 aliphatic carbocycles. The van der Waals surface area contributed by atoms with Crippen LogP contribution in [0, 0.1) is 33.3 Å². The molecule has 0 spiro atoms. The van der Waals surface area contributed by atoms with Gasteiger partial charge in [-0.15, -0.1) is 0 Å². The third kappa shape index (κ3) is 3.04. The van der Waals surface area contributed by atoms with Gasteiger partial charge in [0.1, 0.15) is 0 Å². The maximum absolute atomic E-state index is 10.7. The lowest BCUT2D eigenvalue weighted by Gasteiger charge is -2.47. The van der Waals surface area contributed by atoms with Crippen molar-refractivity contribution in [1.29, 1.82) is 0 Å². The van der Waals surface area contributed by atoms with Gasteiger partial charge in [-0.05, 0) is 73.0 Å². The van der Waals surface area contributed by atoms with Gasteiger partial charge in [-0.3, -0.25) is 15.1 Å². The van der Waals surface area contributed by atoms with E-state index in [0.29, 0.717) is 5.41 Å². The van der Waals surface area contributed by atoms with Crippen molar-refractivity contribution >= 4 is 11.9 Å². The Kier molecular flexibility index (Phi) is 3.70. The highest BCUT2D eigenvalue weighted by Crippen LogP contribution is 2.57. The van der Waals surface area contributed by atoms with Gasteiger partial charge < -0.3 is 0 Å². The Morgan fingerprint density at radius 1 is 1.09 bits per heavy atom. The number of aliphatic imine (C=N–C) groups is 1. The zero-order valence-electron chi connectivity index (χ0n) is 13.5. The second-order valence-electron chi connectivity index (χ2n) is 8.08. The lowest BCUT2D eigenvalue weighted by Crippen LogP contribution is -2.39. The molecule has 0 aliphatic heterocycles. The van der Waals surface area contributed by atoms with E-state index in [1.807, 2.05) is 6.21 Å². The highest BCUT2D eigenvalue weighted by atomic mass is 16.6. The molecule has 5 rings (SSSR count). The molecule has 23 heavy (non-hydrogen) atoms. The van der Waals surface area contributed by atoms with Gasteiger partial charge in [0.2, 0.25) is 0 Å². The number of nitro groups is 1. The van der Waals surface area contributed by atoms with E-state index in [1.54, 1.807) is 24.3 Å². The second kappa shape index (κ2) is 5.73. The van der Waals surface area contributed by atoms with Crippen molar-refractivity contribution in [3.63, 3.8) is 0 Å². The number of nitrogens with zero attached hydrogens (tertiary/aromatic N) is 2. The van der Waals surface area contributed by atoms with E-state index < -0.39 is 0 Å². The molecule has 0 radical (unpaired) electrons. The van der Waals surface area contributed by atoms with Crippen LogP contribution in [-0.4, -0.2) is 17.7 Å². The Hall–Kier alpha value is -1.71. The van der Waals surface area contributed by atoms with Crippen molar-refractivity contribution in [2.75, 3.05) is 6.54 Å². The lowest BCUT2D eigenvalue weighted by atomic mass is 9.58. The van der Waals surface area contributed by atoms with Crippen LogP contribution >= 0.6 is 0 Å². The second-order valence-corrected chi connectivity index (χ2v) is 8.08. The average Bonchev–Trinajstić information content (AvgIpc) is 2.73. The van der Waals surface area contributed by atoms with E-state index in [1.165, 1.54) is 44.9 Å². The third-order valence-electron chi connectivity index (χ3n) is 6.25. The molecule has 0 heterocycles. The Bertz CT molecular complexity index is 607. The normalized spacial score (nSPS) is 35.6. The minimum atomic E-state index is -0.361. The maximum atomic E-state index is 10.7. The van der Waals surface area contributed by atoms with E-state index in [0.717, 1.165) is 29.9 Å². The summed E-state index contributed by atoms with van der Waals surface area (Å²) in [4.78, 5) is 15.1. The van der Waals surface area contributed by atoms with Crippen molar-refractivity contribution in [1.82, 2.24) is 0 Å². The first-order chi connectivity index (χ1) is 11.1. The molecular formula is C19H24N2O2. The predicted octanol–water partition coefficient (Wildman–Crippen LogP) is 4.62. The van der Waals surface area contributed by atoms with Crippen LogP contribution in [0.2, 0.25) is 0 Å². The van der Waals surface area contributed by atoms with Gasteiger partial charge in [0, 0.05) is 24.9 Å². The molecule has 4 heteroatoms. The number of benzene rings is 1. The van der Waals surface area contributed by atoms with Gasteiger partial charge in [-0.1, -0.05) is 12.8 Å². The molecule has 4 aliphatic rings. The fourth-order valence-corrected chi connectivity index (χ4v) is 5.59. The Morgan fingerprint density at radius 2 is 1.70 bits per heavy atom. The molecular weight excluding hydrogens is 288 g/mol. The van der Waals surface area contributed by atoms with Crippen LogP contribution in [0.5, 0.6) is 0 Å². The largest absolute Gasteiger partial charge is 0.292 e. The molecule has 122 valence electrons. The summed E-state index contributed by atoms with van der Waals surface area (Å²) in [6.45, 7) is 0.938. The summed E-state index contributed by atoms with van der Waals surface area (Å²) < 4.78 is 0. The SMILES string of the molecule is O=[N+]([O-])c1ccc(C=NCC23CC4CCC(CC(C4)C2)C3)cc1. The topological polar surface area (TPSA) is 55.5 Å². The number of fused-ring (bicyclic) bond motifs is 1. The van der Waals surface area contributed by atoms with E-state index in [-0.39, 0.29) is 10.6 Å². The average molecular weight is 312 g/mol. The molecule has 4 saturated carbocycles. The summed E-state index contributed by atoms with van der Waals surface area (Å²) in [5.74, 6) is 2.83. The molecule has 0 amide bonds. The minimum Gasteiger partial charge on any atom is -0.292 e. The Labute approximate surface area is 137 Å². The van der Waals surface area contributed by atoms with Gasteiger partial charge >= 0.3 is 0 Å². The predicted molar refractivity (Wildman–Crippen MR) is 90.8 cm³/mol. The highest BCUT2D eigenvalue weighted by Gasteiger charge is 2.48. The van der Waals surface area contributed by atoms with E-state index in [2.05, 4.69) is 0 Å². The Morgan fingerprint density at radius 3 is 2.30 bits per heavy atom. The zero-order chi connectivity index (χ0) is 15.9. The third-order valence-corrected chi connectivity index (χ3v) is 6.25. The van der Waals surface area contributed by atoms with E-state index >= 15 is 0 Å². The van der Waals surface area contributed by atoms with Gasteiger partial charge in [0.15, 0.2) is 0 Å². The Balaban J connectivity index is 1.45. The molecule has 0 aromatic heterocycles. The summed E-state index contributed by atoms with van der Waals surface area (Å²) >= 11 is 0. The molecule has 1 aromatic rings. The number of nitro benzene ring substituents is 1. The standard InChI is InChI=1S/C19H24N2O2/c22-21(23)18-5-3-14(4-6-18)12-20-13-19-9-15-1-2-16(10-19)8-17(7-15)11-19/h3-6,12,15-17H,1-2,7-11,13H2. The van der Waals surface area contributed by atoms with Crippen molar-refractivity contribution in [3.8, 4) is 0 Å². The zero-order valence-corrected chi connectivity index (χ0v) is 13.5. The quantitative estimate of drug-likeness (QED) is 0.463. The number of hydrogen-bond donors (Lipinski definition) is 0. The summed E-state index contributed by atoms with van der Waals surface area (Å²) in [6.07, 6.45) is 11.8. The fraction of sp³-hybridized carbons (Fsp3) is 0.632. The van der Waals surface area contributed by atoms with Crippen LogP contribution in [0.25, 0.3) is 0 Å². The lowest BCUT2D eigenvalue weighted by molar-refractivity contribution is -0.384. The first-order valence-electron chi connectivity index (χ1n) is 8.86. The van der Waals surface area contributed by atoms with Crippen LogP contribution in [0.15, 0.2) is 29.3 Å². The molecule has 4 bridgehead atoms. The summed E-state index contributed by atoms with van der Waals surface area (Å²) in [5, 5.41) is 10.7. The van der Waals surface area contributed by atoms with Crippen molar-refractivity contribution in [2.24, 2.45) is 28.2 Å².